The quantitative estimate of drug-likeness (QED) is 0.801. The summed E-state index contributed by atoms with van der Waals surface area (Å²) in [5.41, 5.74) is 2.10. The third kappa shape index (κ3) is 3.60. The van der Waals surface area contributed by atoms with Crippen LogP contribution in [0.2, 0.25) is 0 Å². The summed E-state index contributed by atoms with van der Waals surface area (Å²) in [6.45, 7) is 0. The van der Waals surface area contributed by atoms with Gasteiger partial charge in [-0.15, -0.1) is 0 Å². The minimum absolute atomic E-state index is 0.149. The van der Waals surface area contributed by atoms with E-state index in [4.69, 9.17) is 9.68 Å². The lowest BCUT2D eigenvalue weighted by Crippen LogP contribution is -2.17. The molecule has 0 aliphatic heterocycles. The molecule has 2 N–H and O–H groups in total. The number of aryl methyl sites for hydroxylation is 1. The van der Waals surface area contributed by atoms with Gasteiger partial charge in [-0.1, -0.05) is 12.1 Å². The molecule has 0 saturated carbocycles. The molecule has 24 heavy (non-hydrogen) atoms. The molecule has 0 unspecified atom stereocenters. The van der Waals surface area contributed by atoms with Gasteiger partial charge in [-0.2, -0.15) is 0 Å². The molecular weight excluding hydrogens is 329 g/mol. The Balaban J connectivity index is 1.85. The van der Waals surface area contributed by atoms with Crippen LogP contribution in [0.4, 0.5) is 5.69 Å². The number of hydrogen-bond donors (Lipinski definition) is 2. The number of sulfonamides is 1. The third-order valence-electron chi connectivity index (χ3n) is 3.82. The Morgan fingerprint density at radius 1 is 1.08 bits per heavy atom. The maximum atomic E-state index is 12.5. The molecule has 8 heteroatoms. The first kappa shape index (κ1) is 16.5. The van der Waals surface area contributed by atoms with Crippen LogP contribution >= 0.6 is 0 Å². The van der Waals surface area contributed by atoms with Crippen LogP contribution in [0.15, 0.2) is 47.4 Å². The first-order chi connectivity index (χ1) is 11.5. The standard InChI is InChI=1S/C16H15BNO5S/c19-14-6-4-12-9-16(7-5-11(12)8-14)24(21,22)18-13-2-1-3-15(10-13)23-17-20/h1-3,5,7,9-10,18,20H,4,6,8H2. The van der Waals surface area contributed by atoms with Crippen molar-refractivity contribution in [2.45, 2.75) is 24.2 Å². The van der Waals surface area contributed by atoms with Crippen LogP contribution in [0.5, 0.6) is 5.75 Å². The molecule has 0 spiro atoms. The Labute approximate surface area is 140 Å². The van der Waals surface area contributed by atoms with E-state index in [1.54, 1.807) is 30.3 Å². The minimum Gasteiger partial charge on any atom is -0.537 e. The molecule has 1 aliphatic carbocycles. The molecule has 1 aliphatic rings. The zero-order valence-corrected chi connectivity index (χ0v) is 13.5. The van der Waals surface area contributed by atoms with Crippen molar-refractivity contribution in [1.29, 1.82) is 0 Å². The Hall–Kier alpha value is -2.32. The SMILES string of the molecule is O=C1CCc2cc(S(=O)(=O)Nc3cccc(O[B]O)c3)ccc2C1. The molecule has 6 nitrogen and oxygen atoms in total. The van der Waals surface area contributed by atoms with E-state index in [2.05, 4.69) is 4.72 Å². The second kappa shape index (κ2) is 6.66. The molecule has 1 radical (unpaired) electrons. The average Bonchev–Trinajstić information content (AvgIpc) is 2.54. The summed E-state index contributed by atoms with van der Waals surface area (Å²) in [5.74, 6) is 0.482. The van der Waals surface area contributed by atoms with Crippen molar-refractivity contribution in [2.75, 3.05) is 4.72 Å². The molecule has 123 valence electrons. The Morgan fingerprint density at radius 2 is 1.92 bits per heavy atom. The van der Waals surface area contributed by atoms with E-state index in [0.717, 1.165) is 11.1 Å². The van der Waals surface area contributed by atoms with Gasteiger partial charge in [0, 0.05) is 18.9 Å². The van der Waals surface area contributed by atoms with Crippen LogP contribution in [0.3, 0.4) is 0 Å². The molecule has 0 saturated heterocycles. The zero-order chi connectivity index (χ0) is 17.2. The number of Topliss-reactive ketones (excluding diaryl/α,β-unsaturated/α-hetero) is 1. The number of rotatable bonds is 5. The van der Waals surface area contributed by atoms with Crippen LogP contribution in [-0.4, -0.2) is 26.9 Å². The molecule has 0 amide bonds. The predicted molar refractivity (Wildman–Crippen MR) is 89.3 cm³/mol. The van der Waals surface area contributed by atoms with Crippen molar-refractivity contribution in [3.63, 3.8) is 0 Å². The summed E-state index contributed by atoms with van der Waals surface area (Å²) >= 11 is 0. The van der Waals surface area contributed by atoms with Crippen molar-refractivity contribution in [1.82, 2.24) is 0 Å². The van der Waals surface area contributed by atoms with E-state index >= 15 is 0 Å². The number of nitrogens with one attached hydrogen (secondary N) is 1. The highest BCUT2D eigenvalue weighted by Gasteiger charge is 2.20. The number of anilines is 1. The summed E-state index contributed by atoms with van der Waals surface area (Å²) in [7, 11) is -3.23. The van der Waals surface area contributed by atoms with E-state index in [1.807, 2.05) is 0 Å². The van der Waals surface area contributed by atoms with Gasteiger partial charge < -0.3 is 9.68 Å². The second-order valence-electron chi connectivity index (χ2n) is 5.50. The first-order valence-corrected chi connectivity index (χ1v) is 8.85. The highest BCUT2D eigenvalue weighted by Crippen LogP contribution is 2.25. The summed E-state index contributed by atoms with van der Waals surface area (Å²) in [6.07, 6.45) is 1.37. The largest absolute Gasteiger partial charge is 0.569 e. The van der Waals surface area contributed by atoms with Gasteiger partial charge in [0.2, 0.25) is 0 Å². The normalized spacial score (nSPS) is 14.0. The summed E-state index contributed by atoms with van der Waals surface area (Å²) in [5, 5.41) is 8.64. The third-order valence-corrected chi connectivity index (χ3v) is 5.20. The van der Waals surface area contributed by atoms with Crippen molar-refractivity contribution < 1.29 is 22.9 Å². The fourth-order valence-corrected chi connectivity index (χ4v) is 3.76. The highest BCUT2D eigenvalue weighted by atomic mass is 32.2. The van der Waals surface area contributed by atoms with Crippen molar-refractivity contribution in [3.05, 3.63) is 53.6 Å². The van der Waals surface area contributed by atoms with E-state index in [-0.39, 0.29) is 10.7 Å². The fourth-order valence-electron chi connectivity index (χ4n) is 2.66. The summed E-state index contributed by atoms with van der Waals surface area (Å²) in [4.78, 5) is 11.6. The van der Waals surface area contributed by atoms with E-state index in [9.17, 15) is 13.2 Å². The molecule has 0 atom stereocenters. The van der Waals surface area contributed by atoms with Gasteiger partial charge in [0.1, 0.15) is 11.5 Å². The monoisotopic (exact) mass is 344 g/mol. The van der Waals surface area contributed by atoms with Crippen LogP contribution in [0.25, 0.3) is 0 Å². The first-order valence-electron chi connectivity index (χ1n) is 7.37. The lowest BCUT2D eigenvalue weighted by molar-refractivity contribution is -0.118. The van der Waals surface area contributed by atoms with Crippen LogP contribution < -0.4 is 9.38 Å². The van der Waals surface area contributed by atoms with Gasteiger partial charge in [-0.25, -0.2) is 8.42 Å². The fraction of sp³-hybridized carbons (Fsp3) is 0.188. The lowest BCUT2D eigenvalue weighted by atomic mass is 9.91. The maximum absolute atomic E-state index is 12.5. The van der Waals surface area contributed by atoms with Crippen molar-refractivity contribution >= 4 is 29.2 Å². The van der Waals surface area contributed by atoms with Gasteiger partial charge in [0.25, 0.3) is 10.0 Å². The summed E-state index contributed by atoms with van der Waals surface area (Å²) in [6, 6.07) is 11.0. The van der Waals surface area contributed by atoms with Gasteiger partial charge in [-0.3, -0.25) is 9.52 Å². The second-order valence-corrected chi connectivity index (χ2v) is 7.18. The smallest absolute Gasteiger partial charge is 0.537 e. The maximum Gasteiger partial charge on any atom is 0.569 e. The van der Waals surface area contributed by atoms with Gasteiger partial charge in [-0.05, 0) is 41.8 Å². The number of carbonyl (C=O) groups excluding carboxylic acids is 1. The number of benzene rings is 2. The predicted octanol–water partition coefficient (Wildman–Crippen LogP) is 1.45. The van der Waals surface area contributed by atoms with Gasteiger partial charge in [0.15, 0.2) is 0 Å². The summed E-state index contributed by atoms with van der Waals surface area (Å²) < 4.78 is 32.4. The number of hydrogen-bond acceptors (Lipinski definition) is 5. The van der Waals surface area contributed by atoms with Crippen molar-refractivity contribution in [3.8, 4) is 5.75 Å². The molecule has 0 aromatic heterocycles. The zero-order valence-electron chi connectivity index (χ0n) is 12.7. The Bertz CT molecular complexity index is 882. The molecular formula is C16H15BNO5S. The average molecular weight is 344 g/mol. The molecule has 2 aromatic rings. The van der Waals surface area contributed by atoms with Gasteiger partial charge >= 0.3 is 7.69 Å². The minimum atomic E-state index is -3.76. The van der Waals surface area contributed by atoms with E-state index < -0.39 is 10.0 Å². The topological polar surface area (TPSA) is 92.7 Å². The molecule has 0 fully saturated rings. The molecule has 3 rings (SSSR count). The van der Waals surface area contributed by atoms with Crippen LogP contribution in [-0.2, 0) is 27.7 Å². The van der Waals surface area contributed by atoms with E-state index in [0.29, 0.717) is 38.4 Å². The van der Waals surface area contributed by atoms with Crippen LogP contribution in [0, 0.1) is 0 Å². The van der Waals surface area contributed by atoms with E-state index in [1.165, 1.54) is 12.1 Å². The Morgan fingerprint density at radius 3 is 2.71 bits per heavy atom. The lowest BCUT2D eigenvalue weighted by Gasteiger charge is -2.16. The Kier molecular flexibility index (Phi) is 4.59. The van der Waals surface area contributed by atoms with Gasteiger partial charge in [0.05, 0.1) is 10.6 Å². The number of carbonyl (C=O) groups is 1. The molecule has 0 bridgehead atoms. The highest BCUT2D eigenvalue weighted by molar-refractivity contribution is 7.92. The van der Waals surface area contributed by atoms with Crippen LogP contribution in [0.1, 0.15) is 17.5 Å². The molecule has 2 aromatic carbocycles. The van der Waals surface area contributed by atoms with Crippen molar-refractivity contribution in [2.24, 2.45) is 0 Å². The molecule has 0 heterocycles. The number of ketones is 1. The number of fused-ring (bicyclic) bond motifs is 1.